The van der Waals surface area contributed by atoms with E-state index in [0.29, 0.717) is 34.9 Å². The van der Waals surface area contributed by atoms with E-state index < -0.39 is 18.2 Å². The molecule has 11 heteroatoms. The number of carbonyl (C=O) groups excluding carboxylic acids is 2. The van der Waals surface area contributed by atoms with Crippen LogP contribution in [0.1, 0.15) is 35.3 Å². The molecule has 1 aliphatic heterocycles. The monoisotopic (exact) mass is 576 g/mol. The lowest BCUT2D eigenvalue weighted by molar-refractivity contribution is -0.182. The SMILES string of the molecule is COc1ccc(CN(C)C(=O)N[C@H]2[C@H](NC(=O)c3ccc(Br)[nH]3)C=C[C@H]2OC2CCCCO2)c(OC)c1. The van der Waals surface area contributed by atoms with Gasteiger partial charge in [-0.3, -0.25) is 4.79 Å². The van der Waals surface area contributed by atoms with E-state index in [0.717, 1.165) is 24.8 Å². The highest BCUT2D eigenvalue weighted by Gasteiger charge is 2.37. The minimum atomic E-state index is -0.527. The van der Waals surface area contributed by atoms with Crippen LogP contribution in [0.3, 0.4) is 0 Å². The number of nitrogens with one attached hydrogen (secondary N) is 3. The Morgan fingerprint density at radius 2 is 1.97 bits per heavy atom. The minimum Gasteiger partial charge on any atom is -0.497 e. The Morgan fingerprint density at radius 3 is 2.65 bits per heavy atom. The molecular formula is C26H33BrN4O6. The third kappa shape index (κ3) is 6.85. The van der Waals surface area contributed by atoms with E-state index in [-0.39, 0.29) is 18.2 Å². The maximum Gasteiger partial charge on any atom is 0.317 e. The van der Waals surface area contributed by atoms with Crippen molar-refractivity contribution < 1.29 is 28.5 Å². The zero-order chi connectivity index (χ0) is 26.4. The van der Waals surface area contributed by atoms with Crippen molar-refractivity contribution in [2.24, 2.45) is 0 Å². The molecule has 2 aliphatic rings. The molecular weight excluding hydrogens is 544 g/mol. The van der Waals surface area contributed by atoms with Gasteiger partial charge >= 0.3 is 6.03 Å². The molecule has 1 aromatic carbocycles. The second kappa shape index (κ2) is 12.5. The Hall–Kier alpha value is -3.02. The highest BCUT2D eigenvalue weighted by molar-refractivity contribution is 9.10. The fraction of sp³-hybridized carbons (Fsp3) is 0.462. The second-order valence-corrected chi connectivity index (χ2v) is 9.86. The van der Waals surface area contributed by atoms with Gasteiger partial charge in [0.2, 0.25) is 0 Å². The molecule has 0 bridgehead atoms. The third-order valence-electron chi connectivity index (χ3n) is 6.43. The standard InChI is InChI=1S/C26H33BrN4O6/c1-31(15-16-7-8-17(34-2)14-21(16)35-3)26(33)30-24-18(29-25(32)19-10-12-22(27)28-19)9-11-20(24)37-23-6-4-5-13-36-23/h7-12,14,18,20,23-24,28H,4-6,13,15H2,1-3H3,(H,29,32)(H,30,33)/t18-,20-,23?,24+/m1/s1. The summed E-state index contributed by atoms with van der Waals surface area (Å²) < 4.78 is 23.4. The molecule has 200 valence electrons. The lowest BCUT2D eigenvalue weighted by Gasteiger charge is -2.32. The van der Waals surface area contributed by atoms with Gasteiger partial charge in [-0.2, -0.15) is 0 Å². The van der Waals surface area contributed by atoms with E-state index >= 15 is 0 Å². The number of urea groups is 1. The maximum atomic E-state index is 13.3. The van der Waals surface area contributed by atoms with Gasteiger partial charge in [-0.1, -0.05) is 12.2 Å². The number of aromatic nitrogens is 1. The van der Waals surface area contributed by atoms with Crippen molar-refractivity contribution >= 4 is 27.9 Å². The quantitative estimate of drug-likeness (QED) is 0.393. The number of nitrogens with zero attached hydrogens (tertiary/aromatic N) is 1. The zero-order valence-electron chi connectivity index (χ0n) is 21.2. The number of hydrogen-bond donors (Lipinski definition) is 3. The van der Waals surface area contributed by atoms with Gasteiger partial charge in [0.15, 0.2) is 6.29 Å². The molecule has 2 aromatic rings. The Morgan fingerprint density at radius 1 is 1.14 bits per heavy atom. The van der Waals surface area contributed by atoms with Gasteiger partial charge in [-0.05, 0) is 59.5 Å². The highest BCUT2D eigenvalue weighted by atomic mass is 79.9. The van der Waals surface area contributed by atoms with Crippen molar-refractivity contribution in [3.8, 4) is 11.5 Å². The van der Waals surface area contributed by atoms with Crippen LogP contribution < -0.4 is 20.1 Å². The number of H-pyrrole nitrogens is 1. The first-order valence-corrected chi connectivity index (χ1v) is 13.0. The molecule has 1 unspecified atom stereocenters. The van der Waals surface area contributed by atoms with Gasteiger partial charge in [0.1, 0.15) is 23.3 Å². The van der Waals surface area contributed by atoms with Crippen molar-refractivity contribution in [1.29, 1.82) is 0 Å². The summed E-state index contributed by atoms with van der Waals surface area (Å²) in [6.45, 7) is 0.955. The molecule has 3 amide bonds. The molecule has 1 aliphatic carbocycles. The van der Waals surface area contributed by atoms with Crippen LogP contribution in [0.25, 0.3) is 0 Å². The number of hydrogen-bond acceptors (Lipinski definition) is 6. The van der Waals surface area contributed by atoms with Crippen molar-refractivity contribution in [2.75, 3.05) is 27.9 Å². The summed E-state index contributed by atoms with van der Waals surface area (Å²) in [6.07, 6.45) is 5.72. The van der Waals surface area contributed by atoms with Crippen LogP contribution in [-0.4, -0.2) is 74.2 Å². The summed E-state index contributed by atoms with van der Waals surface area (Å²) in [5.41, 5.74) is 1.24. The van der Waals surface area contributed by atoms with E-state index in [1.807, 2.05) is 24.3 Å². The van der Waals surface area contributed by atoms with Gasteiger partial charge in [0.25, 0.3) is 5.91 Å². The van der Waals surface area contributed by atoms with Crippen LogP contribution in [0.5, 0.6) is 11.5 Å². The van der Waals surface area contributed by atoms with E-state index in [4.69, 9.17) is 18.9 Å². The van der Waals surface area contributed by atoms with Gasteiger partial charge in [-0.15, -0.1) is 0 Å². The van der Waals surface area contributed by atoms with Crippen LogP contribution in [0.15, 0.2) is 47.1 Å². The molecule has 3 N–H and O–H groups in total. The second-order valence-electron chi connectivity index (χ2n) is 9.01. The summed E-state index contributed by atoms with van der Waals surface area (Å²) in [7, 11) is 4.86. The van der Waals surface area contributed by atoms with Gasteiger partial charge in [0, 0.05) is 25.3 Å². The summed E-state index contributed by atoms with van der Waals surface area (Å²) in [6, 6.07) is 7.59. The first kappa shape index (κ1) is 27.0. The van der Waals surface area contributed by atoms with Crippen LogP contribution in [-0.2, 0) is 16.0 Å². The molecule has 4 atom stereocenters. The average molecular weight is 577 g/mol. The Labute approximate surface area is 224 Å². The Bertz CT molecular complexity index is 1120. The number of carbonyl (C=O) groups is 2. The number of methoxy groups -OCH3 is 2. The molecule has 1 saturated heterocycles. The van der Waals surface area contributed by atoms with E-state index in [1.54, 1.807) is 44.4 Å². The predicted octanol–water partition coefficient (Wildman–Crippen LogP) is 3.58. The van der Waals surface area contributed by atoms with Crippen molar-refractivity contribution in [3.63, 3.8) is 0 Å². The first-order chi connectivity index (χ1) is 17.9. The van der Waals surface area contributed by atoms with Crippen molar-refractivity contribution in [2.45, 2.75) is 50.3 Å². The Kier molecular flexibility index (Phi) is 9.12. The molecule has 2 heterocycles. The maximum absolute atomic E-state index is 13.3. The number of benzene rings is 1. The summed E-state index contributed by atoms with van der Waals surface area (Å²) >= 11 is 3.32. The van der Waals surface area contributed by atoms with Gasteiger partial charge < -0.3 is 39.5 Å². The molecule has 1 aromatic heterocycles. The van der Waals surface area contributed by atoms with E-state index in [9.17, 15) is 9.59 Å². The Balaban J connectivity index is 1.45. The highest BCUT2D eigenvalue weighted by Crippen LogP contribution is 2.26. The van der Waals surface area contributed by atoms with Crippen molar-refractivity contribution in [1.82, 2.24) is 20.5 Å². The molecule has 10 nitrogen and oxygen atoms in total. The lowest BCUT2D eigenvalue weighted by Crippen LogP contribution is -2.56. The number of halogens is 1. The normalized spacial score (nSPS) is 22.9. The molecule has 37 heavy (non-hydrogen) atoms. The molecule has 0 saturated carbocycles. The molecule has 1 fully saturated rings. The summed E-state index contributed by atoms with van der Waals surface area (Å²) in [4.78, 5) is 30.6. The minimum absolute atomic E-state index is 0.287. The predicted molar refractivity (Wildman–Crippen MR) is 141 cm³/mol. The largest absolute Gasteiger partial charge is 0.497 e. The van der Waals surface area contributed by atoms with Crippen LogP contribution >= 0.6 is 15.9 Å². The molecule has 4 rings (SSSR count). The van der Waals surface area contributed by atoms with E-state index in [1.165, 1.54) is 0 Å². The zero-order valence-corrected chi connectivity index (χ0v) is 22.7. The molecule has 0 radical (unpaired) electrons. The third-order valence-corrected chi connectivity index (χ3v) is 6.89. The smallest absolute Gasteiger partial charge is 0.317 e. The summed E-state index contributed by atoms with van der Waals surface area (Å²) in [5, 5.41) is 6.04. The average Bonchev–Trinajstić information content (AvgIpc) is 3.51. The van der Waals surface area contributed by atoms with Crippen LogP contribution in [0.4, 0.5) is 4.79 Å². The van der Waals surface area contributed by atoms with Gasteiger partial charge in [-0.25, -0.2) is 4.79 Å². The summed E-state index contributed by atoms with van der Waals surface area (Å²) in [5.74, 6) is 1.01. The number of rotatable bonds is 9. The number of aromatic amines is 1. The number of amides is 3. The van der Waals surface area contributed by atoms with Crippen molar-refractivity contribution in [3.05, 3.63) is 58.3 Å². The fourth-order valence-corrected chi connectivity index (χ4v) is 4.74. The molecule has 0 spiro atoms. The van der Waals surface area contributed by atoms with E-state index in [2.05, 4.69) is 31.5 Å². The first-order valence-electron chi connectivity index (χ1n) is 12.2. The van der Waals surface area contributed by atoms with Crippen LogP contribution in [0, 0.1) is 0 Å². The fourth-order valence-electron chi connectivity index (χ4n) is 4.40. The van der Waals surface area contributed by atoms with Crippen LogP contribution in [0.2, 0.25) is 0 Å². The topological polar surface area (TPSA) is 114 Å². The lowest BCUT2D eigenvalue weighted by atomic mass is 10.1. The van der Waals surface area contributed by atoms with Gasteiger partial charge in [0.05, 0.1) is 37.5 Å². The number of ether oxygens (including phenoxy) is 4.